The molecule has 13 aromatic rings. The number of fused-ring (bicyclic) bond motifs is 6. The number of rotatable bonds is 8. The minimum Gasteiger partial charge on any atom is -0.309 e. The summed E-state index contributed by atoms with van der Waals surface area (Å²) in [4.78, 5) is 15.4. The van der Waals surface area contributed by atoms with Crippen molar-refractivity contribution in [1.82, 2.24) is 24.1 Å². The highest BCUT2D eigenvalue weighted by molar-refractivity contribution is 6.13. The standard InChI is InChI=1S/C67H37N9/c68-38-42-29-43(39-69)32-51(31-42)48-23-26-62-56(35-48)53-17-7-10-20-59(53)75(62)60-21-11-9-19-55(60)58-37-50(67-73-65(46-13-3-1-4-14-46)72-66(74-67)47-15-5-2-6-16-47)25-28-64(58)76-61-22-12-8-18-54(61)57-36-49(24-27-63(57)76)52-33-44(40-70)30-45(34-52)41-71/h1-37H. The molecule has 76 heavy (non-hydrogen) atoms. The van der Waals surface area contributed by atoms with Gasteiger partial charge in [-0.05, 0) is 119 Å². The minimum atomic E-state index is 0.424. The molecule has 0 bridgehead atoms. The Balaban J connectivity index is 1.08. The van der Waals surface area contributed by atoms with Gasteiger partial charge in [0, 0.05) is 49.4 Å². The molecular formula is C67H37N9. The molecule has 13 rings (SSSR count). The van der Waals surface area contributed by atoms with Gasteiger partial charge in [-0.3, -0.25) is 0 Å². The van der Waals surface area contributed by atoms with Gasteiger partial charge in [0.2, 0.25) is 0 Å². The van der Waals surface area contributed by atoms with Gasteiger partial charge in [-0.25, -0.2) is 15.0 Å². The third kappa shape index (κ3) is 7.66. The highest BCUT2D eigenvalue weighted by Gasteiger charge is 2.23. The molecule has 10 aromatic carbocycles. The van der Waals surface area contributed by atoms with E-state index < -0.39 is 0 Å². The summed E-state index contributed by atoms with van der Waals surface area (Å²) in [5.74, 6) is 1.64. The van der Waals surface area contributed by atoms with Crippen LogP contribution in [0, 0.1) is 45.3 Å². The van der Waals surface area contributed by atoms with E-state index in [9.17, 15) is 21.0 Å². The molecule has 0 radical (unpaired) electrons. The first-order chi connectivity index (χ1) is 37.5. The van der Waals surface area contributed by atoms with Crippen molar-refractivity contribution in [2.75, 3.05) is 0 Å². The van der Waals surface area contributed by atoms with E-state index in [0.717, 1.165) is 105 Å². The fourth-order valence-electron chi connectivity index (χ4n) is 10.6. The summed E-state index contributed by atoms with van der Waals surface area (Å²) in [6.07, 6.45) is 0. The Hall–Kier alpha value is -11.2. The van der Waals surface area contributed by atoms with Crippen molar-refractivity contribution in [2.24, 2.45) is 0 Å². The Morgan fingerprint density at radius 1 is 0.263 bits per heavy atom. The molecule has 0 N–H and O–H groups in total. The number of aromatic nitrogens is 5. The van der Waals surface area contributed by atoms with Crippen LogP contribution in [0.15, 0.2) is 224 Å². The van der Waals surface area contributed by atoms with E-state index in [2.05, 4.69) is 155 Å². The van der Waals surface area contributed by atoms with Crippen molar-refractivity contribution in [3.63, 3.8) is 0 Å². The zero-order valence-corrected chi connectivity index (χ0v) is 40.4. The Bertz CT molecular complexity index is 4570. The zero-order valence-electron chi connectivity index (χ0n) is 40.4. The van der Waals surface area contributed by atoms with E-state index >= 15 is 0 Å². The summed E-state index contributed by atoms with van der Waals surface area (Å²) in [5, 5.41) is 43.6. The Morgan fingerprint density at radius 2 is 0.645 bits per heavy atom. The van der Waals surface area contributed by atoms with Crippen molar-refractivity contribution in [2.45, 2.75) is 0 Å². The van der Waals surface area contributed by atoms with E-state index in [-0.39, 0.29) is 0 Å². The molecule has 0 aliphatic rings. The lowest BCUT2D eigenvalue weighted by Gasteiger charge is -2.20. The summed E-state index contributed by atoms with van der Waals surface area (Å²) < 4.78 is 4.64. The average Bonchev–Trinajstić information content (AvgIpc) is 4.12. The van der Waals surface area contributed by atoms with Gasteiger partial charge in [0.15, 0.2) is 17.5 Å². The molecule has 0 fully saturated rings. The van der Waals surface area contributed by atoms with E-state index in [1.54, 1.807) is 12.1 Å². The highest BCUT2D eigenvalue weighted by atomic mass is 15.0. The summed E-state index contributed by atoms with van der Waals surface area (Å²) >= 11 is 0. The number of benzene rings is 10. The second-order valence-electron chi connectivity index (χ2n) is 18.5. The fourth-order valence-corrected chi connectivity index (χ4v) is 10.6. The summed E-state index contributed by atoms with van der Waals surface area (Å²) in [6.45, 7) is 0. The SMILES string of the molecule is N#Cc1cc(C#N)cc(-c2ccc3c(c2)c2ccccc2n3-c2ccccc2-c2cc(-c3nc(-c4ccccc4)nc(-c4ccccc4)n3)ccc2-n2c3ccccc3c3cc(-c4cc(C#N)cc(C#N)c4)ccc32)c1. The van der Waals surface area contributed by atoms with E-state index in [0.29, 0.717) is 39.7 Å². The zero-order chi connectivity index (χ0) is 51.3. The maximum Gasteiger partial charge on any atom is 0.164 e. The molecule has 0 unspecified atom stereocenters. The second kappa shape index (κ2) is 18.4. The van der Waals surface area contributed by atoms with Crippen LogP contribution >= 0.6 is 0 Å². The Kier molecular flexibility index (Phi) is 10.8. The number of para-hydroxylation sites is 3. The normalized spacial score (nSPS) is 11.1. The molecule has 3 aromatic heterocycles. The van der Waals surface area contributed by atoms with Crippen LogP contribution in [0.25, 0.3) is 123 Å². The molecule has 0 aliphatic carbocycles. The minimum absolute atomic E-state index is 0.424. The van der Waals surface area contributed by atoms with Gasteiger partial charge in [-0.2, -0.15) is 21.0 Å². The molecule has 0 saturated carbocycles. The van der Waals surface area contributed by atoms with Gasteiger partial charge in [0.1, 0.15) is 0 Å². The van der Waals surface area contributed by atoms with Crippen LogP contribution in [-0.4, -0.2) is 24.1 Å². The Labute approximate surface area is 436 Å². The number of hydrogen-bond acceptors (Lipinski definition) is 7. The second-order valence-corrected chi connectivity index (χ2v) is 18.5. The van der Waals surface area contributed by atoms with Crippen molar-refractivity contribution >= 4 is 43.6 Å². The highest BCUT2D eigenvalue weighted by Crippen LogP contribution is 2.44. The van der Waals surface area contributed by atoms with E-state index in [1.807, 2.05) is 91.0 Å². The molecule has 350 valence electrons. The quantitative estimate of drug-likeness (QED) is 0.147. The summed E-state index contributed by atoms with van der Waals surface area (Å²) in [6, 6.07) is 83.7. The van der Waals surface area contributed by atoms with Gasteiger partial charge in [0.25, 0.3) is 0 Å². The van der Waals surface area contributed by atoms with Crippen LogP contribution in [0.4, 0.5) is 0 Å². The first kappa shape index (κ1) is 44.7. The van der Waals surface area contributed by atoms with Crippen molar-refractivity contribution in [1.29, 1.82) is 21.0 Å². The molecular weight excluding hydrogens is 931 g/mol. The van der Waals surface area contributed by atoms with Crippen LogP contribution < -0.4 is 0 Å². The predicted octanol–water partition coefficient (Wildman–Crippen LogP) is 15.6. The van der Waals surface area contributed by atoms with Gasteiger partial charge < -0.3 is 9.13 Å². The first-order valence-electron chi connectivity index (χ1n) is 24.6. The van der Waals surface area contributed by atoms with Gasteiger partial charge in [-0.1, -0.05) is 127 Å². The fraction of sp³-hybridized carbons (Fsp3) is 0. The lowest BCUT2D eigenvalue weighted by Crippen LogP contribution is -2.03. The first-order valence-corrected chi connectivity index (χ1v) is 24.6. The van der Waals surface area contributed by atoms with Crippen molar-refractivity contribution in [3.8, 4) is 103 Å². The van der Waals surface area contributed by atoms with E-state index in [1.165, 1.54) is 0 Å². The Morgan fingerprint density at radius 3 is 1.12 bits per heavy atom. The van der Waals surface area contributed by atoms with Crippen molar-refractivity contribution < 1.29 is 0 Å². The molecule has 0 amide bonds. The number of nitrogens with zero attached hydrogens (tertiary/aromatic N) is 9. The third-order valence-corrected chi connectivity index (χ3v) is 14.0. The monoisotopic (exact) mass is 967 g/mol. The summed E-state index contributed by atoms with van der Waals surface area (Å²) in [7, 11) is 0. The van der Waals surface area contributed by atoms with Gasteiger partial charge in [-0.15, -0.1) is 0 Å². The van der Waals surface area contributed by atoms with Crippen molar-refractivity contribution in [3.05, 3.63) is 247 Å². The molecule has 0 atom stereocenters. The smallest absolute Gasteiger partial charge is 0.164 e. The third-order valence-electron chi connectivity index (χ3n) is 14.0. The number of nitriles is 4. The average molecular weight is 968 g/mol. The number of hydrogen-bond donors (Lipinski definition) is 0. The molecule has 3 heterocycles. The lowest BCUT2D eigenvalue weighted by molar-refractivity contribution is 1.07. The maximum atomic E-state index is 9.89. The van der Waals surface area contributed by atoms with E-state index in [4.69, 9.17) is 15.0 Å². The largest absolute Gasteiger partial charge is 0.309 e. The van der Waals surface area contributed by atoms with Crippen LogP contribution in [0.5, 0.6) is 0 Å². The predicted molar refractivity (Wildman–Crippen MR) is 300 cm³/mol. The maximum absolute atomic E-state index is 9.89. The van der Waals surface area contributed by atoms with Crippen LogP contribution in [0.3, 0.4) is 0 Å². The van der Waals surface area contributed by atoms with Crippen LogP contribution in [0.1, 0.15) is 22.3 Å². The topological polar surface area (TPSA) is 144 Å². The molecule has 0 spiro atoms. The molecule has 0 aliphatic heterocycles. The molecule has 9 nitrogen and oxygen atoms in total. The summed E-state index contributed by atoms with van der Waals surface area (Å²) in [5.41, 5.74) is 15.3. The van der Waals surface area contributed by atoms with Gasteiger partial charge in [0.05, 0.1) is 80.0 Å². The molecule has 0 saturated heterocycles. The van der Waals surface area contributed by atoms with Crippen LogP contribution in [-0.2, 0) is 0 Å². The lowest BCUT2D eigenvalue weighted by atomic mass is 9.97. The van der Waals surface area contributed by atoms with Crippen LogP contribution in [0.2, 0.25) is 0 Å². The van der Waals surface area contributed by atoms with Gasteiger partial charge >= 0.3 is 0 Å². The molecule has 9 heteroatoms.